The number of carbonyl (C=O) groups is 1. The minimum atomic E-state index is -0.0848. The van der Waals surface area contributed by atoms with E-state index in [1.165, 1.54) is 0 Å². The third kappa shape index (κ3) is 3.29. The first-order valence-electron chi connectivity index (χ1n) is 7.10. The Labute approximate surface area is 124 Å². The van der Waals surface area contributed by atoms with Crippen LogP contribution in [0.15, 0.2) is 60.7 Å². The summed E-state index contributed by atoms with van der Waals surface area (Å²) in [6.45, 7) is 1.88. The van der Waals surface area contributed by atoms with Gasteiger partial charge >= 0.3 is 0 Å². The highest BCUT2D eigenvalue weighted by molar-refractivity contribution is 5.93. The summed E-state index contributed by atoms with van der Waals surface area (Å²) in [6.07, 6.45) is 0. The molecule has 2 aromatic carbocycles. The molecule has 0 aromatic heterocycles. The van der Waals surface area contributed by atoms with Crippen LogP contribution < -0.4 is 5.43 Å². The SMILES string of the molecule is O=C(NN1CCOCC1c1ccccc1)c1ccccc1. The van der Waals surface area contributed by atoms with Crippen molar-refractivity contribution in [2.45, 2.75) is 6.04 Å². The van der Waals surface area contributed by atoms with Crippen molar-refractivity contribution in [3.63, 3.8) is 0 Å². The molecular weight excluding hydrogens is 264 g/mol. The van der Waals surface area contributed by atoms with Crippen molar-refractivity contribution < 1.29 is 9.53 Å². The molecule has 1 aliphatic rings. The molecule has 0 spiro atoms. The van der Waals surface area contributed by atoms with Crippen LogP contribution in [-0.2, 0) is 4.74 Å². The molecule has 1 amide bonds. The maximum Gasteiger partial charge on any atom is 0.265 e. The molecule has 1 atom stereocenters. The Morgan fingerprint density at radius 2 is 1.71 bits per heavy atom. The molecule has 21 heavy (non-hydrogen) atoms. The maximum absolute atomic E-state index is 12.3. The van der Waals surface area contributed by atoms with Crippen LogP contribution in [0.25, 0.3) is 0 Å². The van der Waals surface area contributed by atoms with Gasteiger partial charge in [0, 0.05) is 12.1 Å². The zero-order chi connectivity index (χ0) is 14.5. The quantitative estimate of drug-likeness (QED) is 0.940. The third-order valence-electron chi connectivity index (χ3n) is 3.59. The highest BCUT2D eigenvalue weighted by Gasteiger charge is 2.26. The van der Waals surface area contributed by atoms with Gasteiger partial charge in [-0.1, -0.05) is 48.5 Å². The number of carbonyl (C=O) groups excluding carboxylic acids is 1. The number of nitrogens with zero attached hydrogens (tertiary/aromatic N) is 1. The molecule has 1 saturated heterocycles. The molecule has 2 aromatic rings. The van der Waals surface area contributed by atoms with Crippen molar-refractivity contribution >= 4 is 5.91 Å². The summed E-state index contributed by atoms with van der Waals surface area (Å²) in [5.41, 5.74) is 4.80. The number of nitrogens with one attached hydrogen (secondary N) is 1. The molecule has 108 valence electrons. The minimum Gasteiger partial charge on any atom is -0.378 e. The number of rotatable bonds is 3. The molecule has 0 bridgehead atoms. The topological polar surface area (TPSA) is 41.6 Å². The van der Waals surface area contributed by atoms with Crippen molar-refractivity contribution in [1.29, 1.82) is 0 Å². The highest BCUT2D eigenvalue weighted by Crippen LogP contribution is 2.22. The van der Waals surface area contributed by atoms with E-state index in [2.05, 4.69) is 17.6 Å². The Hall–Kier alpha value is -2.17. The largest absolute Gasteiger partial charge is 0.378 e. The molecule has 1 heterocycles. The van der Waals surface area contributed by atoms with Crippen molar-refractivity contribution in [2.24, 2.45) is 0 Å². The van der Waals surface area contributed by atoms with Crippen LogP contribution in [0, 0.1) is 0 Å². The van der Waals surface area contributed by atoms with E-state index in [4.69, 9.17) is 4.74 Å². The van der Waals surface area contributed by atoms with Crippen LogP contribution in [0.4, 0.5) is 0 Å². The molecule has 0 radical (unpaired) electrons. The van der Waals surface area contributed by atoms with Crippen LogP contribution in [0.1, 0.15) is 22.0 Å². The van der Waals surface area contributed by atoms with Crippen molar-refractivity contribution in [2.75, 3.05) is 19.8 Å². The normalized spacial score (nSPS) is 19.1. The Balaban J connectivity index is 1.75. The molecule has 1 aliphatic heterocycles. The lowest BCUT2D eigenvalue weighted by atomic mass is 10.1. The standard InChI is InChI=1S/C17H18N2O2/c20-17(15-9-5-2-6-10-15)18-19-11-12-21-13-16(19)14-7-3-1-4-8-14/h1-10,16H,11-13H2,(H,18,20). The summed E-state index contributed by atoms with van der Waals surface area (Å²) in [5, 5.41) is 1.97. The second kappa shape index (κ2) is 6.52. The van der Waals surface area contributed by atoms with Crippen molar-refractivity contribution in [1.82, 2.24) is 10.4 Å². The zero-order valence-electron chi connectivity index (χ0n) is 11.7. The van der Waals surface area contributed by atoms with E-state index in [-0.39, 0.29) is 11.9 Å². The molecule has 4 heteroatoms. The van der Waals surface area contributed by atoms with Gasteiger partial charge in [0.05, 0.1) is 19.3 Å². The van der Waals surface area contributed by atoms with Gasteiger partial charge in [-0.3, -0.25) is 10.2 Å². The van der Waals surface area contributed by atoms with E-state index in [1.54, 1.807) is 0 Å². The molecule has 3 rings (SSSR count). The van der Waals surface area contributed by atoms with Gasteiger partial charge in [-0.15, -0.1) is 0 Å². The van der Waals surface area contributed by atoms with Crippen LogP contribution in [0.2, 0.25) is 0 Å². The van der Waals surface area contributed by atoms with Gasteiger partial charge < -0.3 is 4.74 Å². The summed E-state index contributed by atoms with van der Waals surface area (Å²) in [4.78, 5) is 12.3. The van der Waals surface area contributed by atoms with Crippen molar-refractivity contribution in [3.05, 3.63) is 71.8 Å². The van der Waals surface area contributed by atoms with E-state index in [0.717, 1.165) is 5.56 Å². The fourth-order valence-electron chi connectivity index (χ4n) is 2.47. The van der Waals surface area contributed by atoms with Crippen molar-refractivity contribution in [3.8, 4) is 0 Å². The summed E-state index contributed by atoms with van der Waals surface area (Å²) >= 11 is 0. The maximum atomic E-state index is 12.3. The number of amides is 1. The van der Waals surface area contributed by atoms with Gasteiger partial charge in [0.1, 0.15) is 0 Å². The lowest BCUT2D eigenvalue weighted by Gasteiger charge is -2.35. The van der Waals surface area contributed by atoms with E-state index in [9.17, 15) is 4.79 Å². The molecule has 1 N–H and O–H groups in total. The van der Waals surface area contributed by atoms with Crippen LogP contribution in [0.5, 0.6) is 0 Å². The van der Waals surface area contributed by atoms with Crippen LogP contribution >= 0.6 is 0 Å². The number of hydrogen-bond donors (Lipinski definition) is 1. The molecule has 0 aliphatic carbocycles. The average Bonchev–Trinajstić information content (AvgIpc) is 2.57. The number of benzene rings is 2. The van der Waals surface area contributed by atoms with Crippen LogP contribution in [-0.4, -0.2) is 30.7 Å². The summed E-state index contributed by atoms with van der Waals surface area (Å²) in [5.74, 6) is -0.0848. The first-order valence-corrected chi connectivity index (χ1v) is 7.10. The van der Waals surface area contributed by atoms with Gasteiger partial charge in [-0.2, -0.15) is 0 Å². The van der Waals surface area contributed by atoms with Gasteiger partial charge in [0.15, 0.2) is 0 Å². The lowest BCUT2D eigenvalue weighted by molar-refractivity contribution is -0.0309. The second-order valence-electron chi connectivity index (χ2n) is 5.00. The zero-order valence-corrected chi connectivity index (χ0v) is 11.7. The highest BCUT2D eigenvalue weighted by atomic mass is 16.5. The summed E-state index contributed by atoms with van der Waals surface area (Å²) in [7, 11) is 0. The summed E-state index contributed by atoms with van der Waals surface area (Å²) < 4.78 is 5.56. The molecular formula is C17H18N2O2. The second-order valence-corrected chi connectivity index (χ2v) is 5.00. The fraction of sp³-hybridized carbons (Fsp3) is 0.235. The third-order valence-corrected chi connectivity index (χ3v) is 3.59. The molecule has 4 nitrogen and oxygen atoms in total. The Kier molecular flexibility index (Phi) is 4.28. The Morgan fingerprint density at radius 1 is 1.05 bits per heavy atom. The van der Waals surface area contributed by atoms with Gasteiger partial charge in [-0.05, 0) is 17.7 Å². The van der Waals surface area contributed by atoms with Crippen LogP contribution in [0.3, 0.4) is 0 Å². The first-order chi connectivity index (χ1) is 10.3. The van der Waals surface area contributed by atoms with E-state index in [0.29, 0.717) is 25.3 Å². The predicted molar refractivity (Wildman–Crippen MR) is 80.6 cm³/mol. The number of hydrazine groups is 1. The van der Waals surface area contributed by atoms with E-state index >= 15 is 0 Å². The lowest BCUT2D eigenvalue weighted by Crippen LogP contribution is -2.50. The van der Waals surface area contributed by atoms with E-state index in [1.807, 2.05) is 53.5 Å². The number of ether oxygens (including phenoxy) is 1. The van der Waals surface area contributed by atoms with Gasteiger partial charge in [0.2, 0.25) is 0 Å². The first kappa shape index (κ1) is 13.8. The smallest absolute Gasteiger partial charge is 0.265 e. The van der Waals surface area contributed by atoms with Gasteiger partial charge in [-0.25, -0.2) is 5.01 Å². The Morgan fingerprint density at radius 3 is 2.43 bits per heavy atom. The monoisotopic (exact) mass is 282 g/mol. The molecule has 1 unspecified atom stereocenters. The Bertz CT molecular complexity index is 586. The molecule has 1 fully saturated rings. The predicted octanol–water partition coefficient (Wildman–Crippen LogP) is 2.40. The number of morpholine rings is 1. The van der Waals surface area contributed by atoms with E-state index < -0.39 is 0 Å². The minimum absolute atomic E-state index is 0.0487. The number of hydrogen-bond acceptors (Lipinski definition) is 3. The summed E-state index contributed by atoms with van der Waals surface area (Å²) in [6, 6.07) is 19.4. The average molecular weight is 282 g/mol. The van der Waals surface area contributed by atoms with Gasteiger partial charge in [0.25, 0.3) is 5.91 Å². The molecule has 0 saturated carbocycles. The fourth-order valence-corrected chi connectivity index (χ4v) is 2.47.